The number of benzene rings is 1. The lowest BCUT2D eigenvalue weighted by Gasteiger charge is -2.33. The number of fused-ring (bicyclic) bond motifs is 2. The molecule has 0 spiro atoms. The number of nitrogens with zero attached hydrogens (tertiary/aromatic N) is 5. The van der Waals surface area contributed by atoms with Crippen molar-refractivity contribution in [1.29, 1.82) is 0 Å². The van der Waals surface area contributed by atoms with Gasteiger partial charge in [0.25, 0.3) is 5.91 Å². The van der Waals surface area contributed by atoms with E-state index in [2.05, 4.69) is 24.8 Å². The third kappa shape index (κ3) is 3.40. The molecule has 1 atom stereocenters. The van der Waals surface area contributed by atoms with E-state index in [0.29, 0.717) is 11.6 Å². The van der Waals surface area contributed by atoms with E-state index < -0.39 is 0 Å². The van der Waals surface area contributed by atoms with E-state index in [4.69, 9.17) is 4.98 Å². The zero-order valence-electron chi connectivity index (χ0n) is 17.2. The summed E-state index contributed by atoms with van der Waals surface area (Å²) in [6.45, 7) is 1.73. The predicted octanol–water partition coefficient (Wildman–Crippen LogP) is 3.55. The van der Waals surface area contributed by atoms with Crippen molar-refractivity contribution in [2.75, 3.05) is 18.0 Å². The molecule has 1 N–H and O–H groups in total. The van der Waals surface area contributed by atoms with E-state index in [1.165, 1.54) is 0 Å². The summed E-state index contributed by atoms with van der Waals surface area (Å²) in [5.74, 6) is 2.12. The number of anilines is 1. The Morgan fingerprint density at radius 2 is 1.90 bits per heavy atom. The highest BCUT2D eigenvalue weighted by Crippen LogP contribution is 2.31. The number of piperidine rings is 1. The minimum absolute atomic E-state index is 0.000592. The molecule has 1 unspecified atom stereocenters. The van der Waals surface area contributed by atoms with Crippen molar-refractivity contribution in [2.24, 2.45) is 0 Å². The van der Waals surface area contributed by atoms with Crippen LogP contribution in [-0.2, 0) is 0 Å². The molecule has 0 radical (unpaired) electrons. The number of hydrogen-bond donors (Lipinski definition) is 1. The first-order chi connectivity index (χ1) is 15.3. The number of nitrogens with one attached hydrogen (secondary N) is 1. The van der Waals surface area contributed by atoms with Gasteiger partial charge in [-0.15, -0.1) is 10.2 Å². The van der Waals surface area contributed by atoms with Crippen molar-refractivity contribution in [3.8, 4) is 0 Å². The largest absolute Gasteiger partial charge is 0.356 e. The van der Waals surface area contributed by atoms with Gasteiger partial charge in [0.2, 0.25) is 0 Å². The number of amides is 1. The maximum atomic E-state index is 13.0. The molecule has 0 bridgehead atoms. The second-order valence-electron chi connectivity index (χ2n) is 8.57. The number of para-hydroxylation sites is 1. The van der Waals surface area contributed by atoms with Crippen molar-refractivity contribution in [3.05, 3.63) is 66.1 Å². The van der Waals surface area contributed by atoms with Crippen LogP contribution in [0.15, 0.2) is 54.7 Å². The standard InChI is InChI=1S/C24H24N6O/c31-24(25-17-10-11-17)19-14-22(26-20-8-2-1-7-18(19)20)29-12-5-6-16(15-29)23-28-27-21-9-3-4-13-30(21)23/h1-4,7-9,13-14,16-17H,5-6,10-12,15H2,(H,25,31). The molecule has 1 saturated heterocycles. The molecular formula is C24H24N6O. The third-order valence-electron chi connectivity index (χ3n) is 6.31. The van der Waals surface area contributed by atoms with Crippen molar-refractivity contribution < 1.29 is 4.79 Å². The van der Waals surface area contributed by atoms with E-state index in [0.717, 1.165) is 67.0 Å². The van der Waals surface area contributed by atoms with Gasteiger partial charge in [-0.1, -0.05) is 24.3 Å². The minimum Gasteiger partial charge on any atom is -0.356 e. The number of hydrogen-bond acceptors (Lipinski definition) is 5. The zero-order chi connectivity index (χ0) is 20.8. The molecule has 1 aliphatic heterocycles. The van der Waals surface area contributed by atoms with E-state index >= 15 is 0 Å². The second kappa shape index (κ2) is 7.34. The monoisotopic (exact) mass is 412 g/mol. The lowest BCUT2D eigenvalue weighted by molar-refractivity contribution is 0.0952. The molecule has 7 heteroatoms. The maximum Gasteiger partial charge on any atom is 0.252 e. The first kappa shape index (κ1) is 18.3. The van der Waals surface area contributed by atoms with Crippen molar-refractivity contribution >= 4 is 28.3 Å². The highest BCUT2D eigenvalue weighted by molar-refractivity contribution is 6.07. The van der Waals surface area contributed by atoms with Crippen molar-refractivity contribution in [3.63, 3.8) is 0 Å². The Kier molecular flexibility index (Phi) is 4.33. The number of aromatic nitrogens is 4. The summed E-state index contributed by atoms with van der Waals surface area (Å²) in [6.07, 6.45) is 6.28. The molecule has 3 aromatic heterocycles. The lowest BCUT2D eigenvalue weighted by atomic mass is 9.97. The molecule has 1 saturated carbocycles. The fourth-order valence-corrected chi connectivity index (χ4v) is 4.54. The summed E-state index contributed by atoms with van der Waals surface area (Å²) < 4.78 is 2.08. The molecule has 7 nitrogen and oxygen atoms in total. The Hall–Kier alpha value is -3.48. The van der Waals surface area contributed by atoms with Crippen LogP contribution in [0.2, 0.25) is 0 Å². The highest BCUT2D eigenvalue weighted by Gasteiger charge is 2.28. The zero-order valence-corrected chi connectivity index (χ0v) is 17.2. The van der Waals surface area contributed by atoms with Gasteiger partial charge in [-0.2, -0.15) is 0 Å². The summed E-state index contributed by atoms with van der Waals surface area (Å²) in [6, 6.07) is 16.2. The summed E-state index contributed by atoms with van der Waals surface area (Å²) >= 11 is 0. The van der Waals surface area contributed by atoms with Crippen LogP contribution >= 0.6 is 0 Å². The Bertz CT molecular complexity index is 1280. The SMILES string of the molecule is O=C(NC1CC1)c1cc(N2CCCC(c3nnc4ccccn34)C2)nc2ccccc12. The minimum atomic E-state index is -0.000592. The van der Waals surface area contributed by atoms with E-state index in [9.17, 15) is 4.79 Å². The van der Waals surface area contributed by atoms with Gasteiger partial charge in [-0.3, -0.25) is 9.20 Å². The molecule has 156 valence electrons. The van der Waals surface area contributed by atoms with Crippen LogP contribution in [0.25, 0.3) is 16.6 Å². The number of pyridine rings is 2. The third-order valence-corrected chi connectivity index (χ3v) is 6.31. The van der Waals surface area contributed by atoms with E-state index in [1.807, 2.05) is 54.7 Å². The summed E-state index contributed by atoms with van der Waals surface area (Å²) in [5, 5.41) is 12.9. The first-order valence-corrected chi connectivity index (χ1v) is 11.0. The van der Waals surface area contributed by atoms with E-state index in [-0.39, 0.29) is 11.8 Å². The van der Waals surface area contributed by atoms with Crippen molar-refractivity contribution in [1.82, 2.24) is 24.9 Å². The van der Waals surface area contributed by atoms with Crippen LogP contribution in [0.1, 0.15) is 47.8 Å². The van der Waals surface area contributed by atoms with Crippen LogP contribution in [0.3, 0.4) is 0 Å². The van der Waals surface area contributed by atoms with E-state index in [1.54, 1.807) is 0 Å². The van der Waals surface area contributed by atoms with Gasteiger partial charge in [0.1, 0.15) is 11.6 Å². The normalized spacial score (nSPS) is 19.1. The van der Waals surface area contributed by atoms with Crippen LogP contribution < -0.4 is 10.2 Å². The molecule has 2 fully saturated rings. The van der Waals surface area contributed by atoms with Gasteiger partial charge in [0.05, 0.1) is 11.1 Å². The Morgan fingerprint density at radius 3 is 2.81 bits per heavy atom. The molecule has 6 rings (SSSR count). The fraction of sp³-hybridized carbons (Fsp3) is 0.333. The smallest absolute Gasteiger partial charge is 0.252 e. The van der Waals surface area contributed by atoms with Gasteiger partial charge in [-0.25, -0.2) is 4.98 Å². The average Bonchev–Trinajstić information content (AvgIpc) is 3.53. The molecule has 4 aromatic rings. The lowest BCUT2D eigenvalue weighted by Crippen LogP contribution is -2.36. The second-order valence-corrected chi connectivity index (χ2v) is 8.57. The summed E-state index contributed by atoms with van der Waals surface area (Å²) in [5.41, 5.74) is 2.44. The molecular weight excluding hydrogens is 388 g/mol. The van der Waals surface area contributed by atoms with Gasteiger partial charge in [-0.05, 0) is 49.9 Å². The molecule has 31 heavy (non-hydrogen) atoms. The summed E-state index contributed by atoms with van der Waals surface area (Å²) in [4.78, 5) is 20.2. The van der Waals surface area contributed by atoms with Gasteiger partial charge in [0, 0.05) is 36.6 Å². The number of carbonyl (C=O) groups excluding carboxylic acids is 1. The molecule has 1 aliphatic carbocycles. The molecule has 1 amide bonds. The number of rotatable bonds is 4. The number of carbonyl (C=O) groups is 1. The van der Waals surface area contributed by atoms with Gasteiger partial charge < -0.3 is 10.2 Å². The maximum absolute atomic E-state index is 13.0. The highest BCUT2D eigenvalue weighted by atomic mass is 16.1. The fourth-order valence-electron chi connectivity index (χ4n) is 4.54. The predicted molar refractivity (Wildman–Crippen MR) is 119 cm³/mol. The van der Waals surface area contributed by atoms with Gasteiger partial charge >= 0.3 is 0 Å². The molecule has 1 aromatic carbocycles. The average molecular weight is 412 g/mol. The van der Waals surface area contributed by atoms with Crippen LogP contribution in [0.4, 0.5) is 5.82 Å². The van der Waals surface area contributed by atoms with Crippen LogP contribution in [-0.4, -0.2) is 44.6 Å². The molecule has 4 heterocycles. The Balaban J connectivity index is 1.35. The van der Waals surface area contributed by atoms with Gasteiger partial charge in [0.15, 0.2) is 5.65 Å². The first-order valence-electron chi connectivity index (χ1n) is 11.0. The molecule has 2 aliphatic rings. The Labute approximate surface area is 180 Å². The van der Waals surface area contributed by atoms with Crippen LogP contribution in [0, 0.1) is 0 Å². The van der Waals surface area contributed by atoms with Crippen LogP contribution in [0.5, 0.6) is 0 Å². The summed E-state index contributed by atoms with van der Waals surface area (Å²) in [7, 11) is 0. The quantitative estimate of drug-likeness (QED) is 0.555. The topological polar surface area (TPSA) is 75.4 Å². The van der Waals surface area contributed by atoms with Crippen molar-refractivity contribution in [2.45, 2.75) is 37.6 Å². The Morgan fingerprint density at radius 1 is 1.03 bits per heavy atom.